The van der Waals surface area contributed by atoms with Crippen LogP contribution in [0, 0.1) is 25.9 Å². The van der Waals surface area contributed by atoms with E-state index in [9.17, 15) is 0 Å². The van der Waals surface area contributed by atoms with Gasteiger partial charge in [0.05, 0.1) is 0 Å². The van der Waals surface area contributed by atoms with E-state index < -0.39 is 26.0 Å². The van der Waals surface area contributed by atoms with Gasteiger partial charge in [-0.25, -0.2) is 0 Å². The van der Waals surface area contributed by atoms with E-state index in [-0.39, 0.29) is 20.1 Å². The summed E-state index contributed by atoms with van der Waals surface area (Å²) >= 11 is -0.0732. The Hall–Kier alpha value is -3.41. The summed E-state index contributed by atoms with van der Waals surface area (Å²) < 4.78 is 35.1. The zero-order chi connectivity index (χ0) is 37.4. The topological polar surface area (TPSA) is 25.8 Å². The predicted octanol–water partition coefficient (Wildman–Crippen LogP) is 12.3. The summed E-state index contributed by atoms with van der Waals surface area (Å²) in [6.07, 6.45) is 9.27. The van der Waals surface area contributed by atoms with Gasteiger partial charge in [0.15, 0.2) is 0 Å². The van der Waals surface area contributed by atoms with Gasteiger partial charge in [-0.15, -0.1) is 23.8 Å². The number of rotatable bonds is 5. The minimum absolute atomic E-state index is 0. The van der Waals surface area contributed by atoms with E-state index >= 15 is 0 Å². The second kappa shape index (κ2) is 15.9. The summed E-state index contributed by atoms with van der Waals surface area (Å²) in [5, 5.41) is 2.53. The van der Waals surface area contributed by atoms with Crippen molar-refractivity contribution in [3.05, 3.63) is 138 Å². The van der Waals surface area contributed by atoms with Crippen LogP contribution in [-0.2, 0) is 20.1 Å². The molecule has 7 aromatic rings. The average Bonchev–Trinajstić information content (AvgIpc) is 3.53. The third-order valence-electron chi connectivity index (χ3n) is 9.43. The number of thiophene rings is 1. The Bertz CT molecular complexity index is 2380. The first-order valence-corrected chi connectivity index (χ1v) is 25.4. The Labute approximate surface area is 323 Å². The van der Waals surface area contributed by atoms with Gasteiger partial charge >= 0.3 is 117 Å². The first kappa shape index (κ1) is 31.3. The third kappa shape index (κ3) is 8.05. The van der Waals surface area contributed by atoms with Crippen LogP contribution in [0.3, 0.4) is 0 Å². The number of hydrogen-bond donors (Lipinski definition) is 0. The summed E-state index contributed by atoms with van der Waals surface area (Å²) in [7, 11) is 0. The molecule has 0 N–H and O–H groups in total. The van der Waals surface area contributed by atoms with Crippen molar-refractivity contribution < 1.29 is 25.6 Å². The molecule has 2 nitrogen and oxygen atoms in total. The molecular formula is C45H44GeIrN2S-2. The molecule has 5 heteroatoms. The van der Waals surface area contributed by atoms with Crippen LogP contribution in [-0.4, -0.2) is 23.2 Å². The molecule has 255 valence electrons. The summed E-state index contributed by atoms with van der Waals surface area (Å²) in [5.74, 6) is 6.57. The zero-order valence-corrected chi connectivity index (χ0v) is 34.4. The molecule has 0 unspecified atom stereocenters. The summed E-state index contributed by atoms with van der Waals surface area (Å²) in [4.78, 5) is 9.26. The van der Waals surface area contributed by atoms with Gasteiger partial charge in [-0.05, 0) is 57.8 Å². The Balaban J connectivity index is 0.000000198. The average molecular weight is 914 g/mol. The summed E-state index contributed by atoms with van der Waals surface area (Å²) in [5.41, 5.74) is 8.81. The fourth-order valence-corrected chi connectivity index (χ4v) is 11.7. The van der Waals surface area contributed by atoms with E-state index in [2.05, 4.69) is 108 Å². The van der Waals surface area contributed by atoms with Gasteiger partial charge in [-0.3, -0.25) is 0 Å². The van der Waals surface area contributed by atoms with Crippen molar-refractivity contribution >= 4 is 49.2 Å². The number of aryl methyl sites for hydroxylation is 2. The van der Waals surface area contributed by atoms with Gasteiger partial charge in [0.1, 0.15) is 0 Å². The van der Waals surface area contributed by atoms with E-state index in [1.165, 1.54) is 53.7 Å². The molecule has 8 rings (SSSR count). The molecule has 0 bridgehead atoms. The molecule has 1 saturated carbocycles. The number of nitrogens with zero attached hydrogens (tertiary/aromatic N) is 2. The molecule has 1 aliphatic carbocycles. The van der Waals surface area contributed by atoms with Gasteiger partial charge in [0, 0.05) is 32.4 Å². The molecule has 4 aromatic carbocycles. The minimum Gasteiger partial charge on any atom is -0.305 e. The van der Waals surface area contributed by atoms with Gasteiger partial charge in [0.2, 0.25) is 0 Å². The van der Waals surface area contributed by atoms with Crippen molar-refractivity contribution in [2.24, 2.45) is 0 Å². The number of fused-ring (bicyclic) bond motifs is 3. The quantitative estimate of drug-likeness (QED) is 0.127. The van der Waals surface area contributed by atoms with Crippen LogP contribution in [0.25, 0.3) is 53.8 Å². The van der Waals surface area contributed by atoms with Crippen molar-refractivity contribution in [2.75, 3.05) is 0 Å². The maximum Gasteiger partial charge on any atom is 0.0352 e. The monoisotopic (exact) mass is 915 g/mol. The Morgan fingerprint density at radius 3 is 2.36 bits per heavy atom. The summed E-state index contributed by atoms with van der Waals surface area (Å²) in [6.45, 7) is 0.0375. The number of aromatic nitrogens is 2. The molecule has 3 heterocycles. The normalized spacial score (nSPS) is 15.5. The van der Waals surface area contributed by atoms with Gasteiger partial charge in [-0.1, -0.05) is 78.7 Å². The van der Waals surface area contributed by atoms with Crippen LogP contribution < -0.4 is 4.40 Å². The minimum atomic E-state index is -2.08. The van der Waals surface area contributed by atoms with Crippen molar-refractivity contribution in [1.82, 2.24) is 9.97 Å². The smallest absolute Gasteiger partial charge is 0.0352 e. The van der Waals surface area contributed by atoms with Crippen LogP contribution in [0.4, 0.5) is 0 Å². The molecule has 1 aliphatic rings. The van der Waals surface area contributed by atoms with Crippen LogP contribution in [0.15, 0.2) is 109 Å². The maximum atomic E-state index is 9.04. The molecule has 3 aromatic heterocycles. The first-order valence-electron chi connectivity index (χ1n) is 19.2. The molecule has 0 aliphatic heterocycles. The van der Waals surface area contributed by atoms with E-state index in [1.54, 1.807) is 12.1 Å². The largest absolute Gasteiger partial charge is 0.305 e. The SMILES string of the molecule is [2H]C([2H])([2H])c1c[c-]c(-c2cc(C)[c]([Ge]([CH3])([CH3])[CH3])cn2)cc1.[2H]C1(c2ccnc(-c3[c-]ccc4c3sc3cc(-c5ccccc5)ccc34)c2)CCCCC1.[Ir]. The predicted molar refractivity (Wildman–Crippen MR) is 214 cm³/mol. The standard InChI is InChI=1S/C29H24NS.C16H20GeN.Ir/c1-3-8-20(9-4-1)22-14-15-24-25-12-7-13-26(29(25)31-28(24)19-22)27-18-23(16-17-30-27)21-10-5-2-6-11-21;1-12-6-8-14(9-7-12)16-10-13(2)15(11-18-16)17(3,4)5;/h1,3-4,7-9,12,14-19,21H,2,5-6,10-11H2;6-8,10-11H,1-5H3;/q2*-1;/i21D;1D3;. The Kier molecular flexibility index (Phi) is 9.94. The van der Waals surface area contributed by atoms with Gasteiger partial charge in [-0.2, -0.15) is 11.3 Å². The van der Waals surface area contributed by atoms with Crippen LogP contribution in [0.2, 0.25) is 17.3 Å². The maximum absolute atomic E-state index is 9.04. The first-order chi connectivity index (χ1) is 25.3. The Morgan fingerprint density at radius 2 is 1.64 bits per heavy atom. The number of hydrogen-bond acceptors (Lipinski definition) is 3. The molecule has 0 amide bonds. The zero-order valence-electron chi connectivity index (χ0n) is 33.1. The van der Waals surface area contributed by atoms with Crippen molar-refractivity contribution in [1.29, 1.82) is 0 Å². The fourth-order valence-electron chi connectivity index (χ4n) is 6.87. The van der Waals surface area contributed by atoms with Crippen molar-refractivity contribution in [2.45, 2.75) is 69.0 Å². The third-order valence-corrected chi connectivity index (χ3v) is 15.1. The van der Waals surface area contributed by atoms with Crippen molar-refractivity contribution in [3.63, 3.8) is 0 Å². The molecule has 50 heavy (non-hydrogen) atoms. The van der Waals surface area contributed by atoms with Crippen LogP contribution >= 0.6 is 11.3 Å². The molecule has 0 spiro atoms. The second-order valence-corrected chi connectivity index (χ2v) is 25.6. The number of pyridine rings is 2. The number of benzene rings is 4. The molecular weight excluding hydrogens is 865 g/mol. The molecule has 1 fully saturated rings. The van der Waals surface area contributed by atoms with Crippen LogP contribution in [0.1, 0.15) is 60.2 Å². The van der Waals surface area contributed by atoms with E-state index in [4.69, 9.17) is 10.5 Å². The van der Waals surface area contributed by atoms with E-state index in [1.807, 2.05) is 35.9 Å². The van der Waals surface area contributed by atoms with Gasteiger partial charge in [0.25, 0.3) is 0 Å². The van der Waals surface area contributed by atoms with E-state index in [0.29, 0.717) is 5.56 Å². The van der Waals surface area contributed by atoms with Crippen LogP contribution in [0.5, 0.6) is 0 Å². The van der Waals surface area contributed by atoms with Gasteiger partial charge < -0.3 is 4.98 Å². The fraction of sp³-hybridized carbons (Fsp3) is 0.244. The summed E-state index contributed by atoms with van der Waals surface area (Å²) in [6, 6.07) is 39.2. The van der Waals surface area contributed by atoms with E-state index in [0.717, 1.165) is 53.8 Å². The second-order valence-electron chi connectivity index (χ2n) is 14.0. The molecule has 1 radical (unpaired) electrons. The Morgan fingerprint density at radius 1 is 0.820 bits per heavy atom. The molecule has 0 saturated heterocycles. The molecule has 0 atom stereocenters. The van der Waals surface area contributed by atoms with Crippen molar-refractivity contribution in [3.8, 4) is 33.6 Å².